The third-order valence-electron chi connectivity index (χ3n) is 3.10. The first kappa shape index (κ1) is 14.9. The minimum atomic E-state index is -3.43. The second-order valence-corrected chi connectivity index (χ2v) is 6.99. The number of sulfone groups is 1. The van der Waals surface area contributed by atoms with E-state index in [4.69, 9.17) is 5.11 Å². The van der Waals surface area contributed by atoms with E-state index in [2.05, 4.69) is 5.32 Å². The van der Waals surface area contributed by atoms with Gasteiger partial charge in [0.1, 0.15) is 11.8 Å². The standard InChI is InChI=1S/C11H19NO5S/c1-18(16,17)7-9(13)12-10(11(14)15)8-5-3-2-4-6-8/h8,10H,2-7H2,1H3,(H,12,13)(H,14,15). The lowest BCUT2D eigenvalue weighted by Crippen LogP contribution is -2.48. The largest absolute Gasteiger partial charge is 0.480 e. The van der Waals surface area contributed by atoms with Crippen LogP contribution in [0.3, 0.4) is 0 Å². The molecule has 2 N–H and O–H groups in total. The molecule has 1 unspecified atom stereocenters. The lowest BCUT2D eigenvalue weighted by atomic mass is 9.84. The predicted octanol–water partition coefficient (Wildman–Crippen LogP) is 0.181. The molecule has 0 aromatic heterocycles. The summed E-state index contributed by atoms with van der Waals surface area (Å²) < 4.78 is 21.9. The van der Waals surface area contributed by atoms with Crippen molar-refractivity contribution in [2.24, 2.45) is 5.92 Å². The SMILES string of the molecule is CS(=O)(=O)CC(=O)NC(C(=O)O)C1CCCCC1. The third kappa shape index (κ3) is 5.03. The van der Waals surface area contributed by atoms with E-state index in [0.717, 1.165) is 38.4 Å². The molecule has 0 spiro atoms. The molecule has 0 aromatic rings. The average molecular weight is 277 g/mol. The van der Waals surface area contributed by atoms with E-state index in [1.54, 1.807) is 0 Å². The van der Waals surface area contributed by atoms with Gasteiger partial charge >= 0.3 is 5.97 Å². The van der Waals surface area contributed by atoms with Crippen molar-refractivity contribution in [1.29, 1.82) is 0 Å². The van der Waals surface area contributed by atoms with Crippen LogP contribution in [0.25, 0.3) is 0 Å². The van der Waals surface area contributed by atoms with Crippen molar-refractivity contribution in [1.82, 2.24) is 5.32 Å². The van der Waals surface area contributed by atoms with Crippen molar-refractivity contribution in [2.45, 2.75) is 38.1 Å². The molecular weight excluding hydrogens is 258 g/mol. The Morgan fingerprint density at radius 3 is 2.28 bits per heavy atom. The Labute approximate surface area is 107 Å². The first-order chi connectivity index (χ1) is 8.29. The van der Waals surface area contributed by atoms with Gasteiger partial charge in [0, 0.05) is 6.26 Å². The number of hydrogen-bond donors (Lipinski definition) is 2. The number of carbonyl (C=O) groups excluding carboxylic acids is 1. The van der Waals surface area contributed by atoms with Gasteiger partial charge in [-0.15, -0.1) is 0 Å². The Morgan fingerprint density at radius 1 is 1.28 bits per heavy atom. The van der Waals surface area contributed by atoms with E-state index < -0.39 is 33.5 Å². The Kier molecular flexibility index (Phi) is 5.13. The molecule has 1 atom stereocenters. The van der Waals surface area contributed by atoms with E-state index in [9.17, 15) is 18.0 Å². The molecule has 18 heavy (non-hydrogen) atoms. The van der Waals surface area contributed by atoms with Gasteiger partial charge in [-0.2, -0.15) is 0 Å². The van der Waals surface area contributed by atoms with Crippen molar-refractivity contribution in [2.75, 3.05) is 12.0 Å². The van der Waals surface area contributed by atoms with Gasteiger partial charge in [-0.3, -0.25) is 4.79 Å². The van der Waals surface area contributed by atoms with Gasteiger partial charge in [0.05, 0.1) is 0 Å². The number of carboxylic acids is 1. The summed E-state index contributed by atoms with van der Waals surface area (Å²) in [5.41, 5.74) is 0. The number of aliphatic carboxylic acids is 1. The summed E-state index contributed by atoms with van der Waals surface area (Å²) in [6.07, 6.45) is 5.46. The molecule has 1 rings (SSSR count). The van der Waals surface area contributed by atoms with Crippen LogP contribution in [0.5, 0.6) is 0 Å². The van der Waals surface area contributed by atoms with E-state index in [1.807, 2.05) is 0 Å². The molecule has 1 amide bonds. The molecule has 0 radical (unpaired) electrons. The smallest absolute Gasteiger partial charge is 0.326 e. The Hall–Kier alpha value is -1.11. The van der Waals surface area contributed by atoms with Gasteiger partial charge < -0.3 is 10.4 Å². The summed E-state index contributed by atoms with van der Waals surface area (Å²) in [4.78, 5) is 22.6. The molecule has 0 heterocycles. The number of rotatable bonds is 5. The zero-order valence-corrected chi connectivity index (χ0v) is 11.2. The van der Waals surface area contributed by atoms with Crippen molar-refractivity contribution >= 4 is 21.7 Å². The topological polar surface area (TPSA) is 101 Å². The fourth-order valence-electron chi connectivity index (χ4n) is 2.30. The molecule has 1 aliphatic carbocycles. The Balaban J connectivity index is 2.62. The third-order valence-corrected chi connectivity index (χ3v) is 3.88. The lowest BCUT2D eigenvalue weighted by molar-refractivity contribution is -0.143. The maximum atomic E-state index is 11.5. The monoisotopic (exact) mass is 277 g/mol. The van der Waals surface area contributed by atoms with Crippen molar-refractivity contribution in [3.05, 3.63) is 0 Å². The van der Waals surface area contributed by atoms with E-state index in [0.29, 0.717) is 0 Å². The molecule has 0 saturated heterocycles. The highest BCUT2D eigenvalue weighted by Gasteiger charge is 2.31. The second-order valence-electron chi connectivity index (χ2n) is 4.85. The van der Waals surface area contributed by atoms with E-state index in [-0.39, 0.29) is 5.92 Å². The van der Waals surface area contributed by atoms with E-state index in [1.165, 1.54) is 0 Å². The lowest BCUT2D eigenvalue weighted by Gasteiger charge is -2.27. The number of hydrogen-bond acceptors (Lipinski definition) is 4. The molecule has 7 heteroatoms. The molecule has 1 fully saturated rings. The highest BCUT2D eigenvalue weighted by atomic mass is 32.2. The summed E-state index contributed by atoms with van der Waals surface area (Å²) >= 11 is 0. The average Bonchev–Trinajstić information content (AvgIpc) is 2.24. The zero-order valence-electron chi connectivity index (χ0n) is 10.4. The summed E-state index contributed by atoms with van der Waals surface area (Å²) in [6.45, 7) is 0. The van der Waals surface area contributed by atoms with Gasteiger partial charge in [0.25, 0.3) is 0 Å². The van der Waals surface area contributed by atoms with Crippen LogP contribution in [0, 0.1) is 5.92 Å². The van der Waals surface area contributed by atoms with Crippen LogP contribution in [0.15, 0.2) is 0 Å². The van der Waals surface area contributed by atoms with Crippen molar-refractivity contribution in [3.8, 4) is 0 Å². The Bertz CT molecular complexity index is 411. The van der Waals surface area contributed by atoms with Gasteiger partial charge in [0.15, 0.2) is 9.84 Å². The number of carboxylic acid groups (broad SMARTS) is 1. The fraction of sp³-hybridized carbons (Fsp3) is 0.818. The molecule has 1 saturated carbocycles. The predicted molar refractivity (Wildman–Crippen MR) is 65.9 cm³/mol. The van der Waals surface area contributed by atoms with Crippen LogP contribution in [0.2, 0.25) is 0 Å². The van der Waals surface area contributed by atoms with Gasteiger partial charge in [-0.25, -0.2) is 13.2 Å². The maximum absolute atomic E-state index is 11.5. The normalized spacial score (nSPS) is 19.2. The van der Waals surface area contributed by atoms with E-state index >= 15 is 0 Å². The number of carbonyl (C=O) groups is 2. The van der Waals surface area contributed by atoms with Crippen LogP contribution in [-0.2, 0) is 19.4 Å². The van der Waals surface area contributed by atoms with Gasteiger partial charge in [-0.1, -0.05) is 19.3 Å². The molecule has 0 aromatic carbocycles. The van der Waals surface area contributed by atoms with Crippen LogP contribution >= 0.6 is 0 Å². The summed E-state index contributed by atoms with van der Waals surface area (Å²) in [5.74, 6) is -2.59. The highest BCUT2D eigenvalue weighted by molar-refractivity contribution is 7.91. The molecule has 0 bridgehead atoms. The quantitative estimate of drug-likeness (QED) is 0.746. The van der Waals surface area contributed by atoms with Crippen molar-refractivity contribution in [3.63, 3.8) is 0 Å². The first-order valence-corrected chi connectivity index (χ1v) is 8.05. The van der Waals surface area contributed by atoms with Gasteiger partial charge in [0.2, 0.25) is 5.91 Å². The summed E-state index contributed by atoms with van der Waals surface area (Å²) in [6, 6.07) is -0.973. The van der Waals surface area contributed by atoms with Crippen LogP contribution < -0.4 is 5.32 Å². The number of amides is 1. The first-order valence-electron chi connectivity index (χ1n) is 5.99. The molecule has 6 nitrogen and oxygen atoms in total. The molecular formula is C11H19NO5S. The van der Waals surface area contributed by atoms with Gasteiger partial charge in [-0.05, 0) is 18.8 Å². The Morgan fingerprint density at radius 2 is 1.83 bits per heavy atom. The van der Waals surface area contributed by atoms with Crippen LogP contribution in [0.1, 0.15) is 32.1 Å². The highest BCUT2D eigenvalue weighted by Crippen LogP contribution is 2.26. The molecule has 104 valence electrons. The van der Waals surface area contributed by atoms with Crippen LogP contribution in [-0.4, -0.2) is 43.5 Å². The molecule has 1 aliphatic rings. The summed E-state index contributed by atoms with van der Waals surface area (Å²) in [7, 11) is -3.43. The number of nitrogens with one attached hydrogen (secondary N) is 1. The zero-order chi connectivity index (χ0) is 13.8. The van der Waals surface area contributed by atoms with Crippen molar-refractivity contribution < 1.29 is 23.1 Å². The minimum Gasteiger partial charge on any atom is -0.480 e. The summed E-state index contributed by atoms with van der Waals surface area (Å²) in [5, 5.41) is 11.4. The minimum absolute atomic E-state index is 0.0974. The van der Waals surface area contributed by atoms with Crippen LogP contribution in [0.4, 0.5) is 0 Å². The maximum Gasteiger partial charge on any atom is 0.326 e. The molecule has 0 aliphatic heterocycles. The fourth-order valence-corrected chi connectivity index (χ4v) is 2.86. The second kappa shape index (κ2) is 6.17.